The number of nitriles is 1. The minimum absolute atomic E-state index is 0.0803. The molecule has 1 saturated carbocycles. The summed E-state index contributed by atoms with van der Waals surface area (Å²) >= 11 is 6.54. The van der Waals surface area contributed by atoms with Crippen LogP contribution in [0.25, 0.3) is 11.3 Å². The number of carboxylic acids is 1. The molecule has 1 aliphatic carbocycles. The predicted octanol–water partition coefficient (Wildman–Crippen LogP) is 4.72. The van der Waals surface area contributed by atoms with E-state index >= 15 is 0 Å². The fraction of sp³-hybridized carbons (Fsp3) is 0.586. The number of aromatic nitrogens is 2. The first-order valence-electron chi connectivity index (χ1n) is 14.0. The lowest BCUT2D eigenvalue weighted by molar-refractivity contribution is -0.149. The molecule has 0 bridgehead atoms. The standard InChI is InChI=1S/C29H39ClN6O4/c1-19(16-40-20(2)28(37)38)34-21-6-8-22(9-7-21)35-27-14-23(24(30)15-32-27)25-4-3-5-26(36-25)33-18-29(17-31)10-12-39-13-11-29/h3-5,14-15,19-22,34H,6-13,16,18H2,1-2H3,(H,32,35)(H,33,36)(H,37,38)/t19-,20-,21?,22?/m0/s1. The third kappa shape index (κ3) is 8.27. The summed E-state index contributed by atoms with van der Waals surface area (Å²) < 4.78 is 10.8. The van der Waals surface area contributed by atoms with Gasteiger partial charge in [-0.15, -0.1) is 0 Å². The number of hydrogen-bond donors (Lipinski definition) is 4. The Kier molecular flexibility index (Phi) is 10.6. The third-order valence-corrected chi connectivity index (χ3v) is 8.02. The summed E-state index contributed by atoms with van der Waals surface area (Å²) in [4.78, 5) is 20.2. The van der Waals surface area contributed by atoms with Crippen LogP contribution in [0.5, 0.6) is 0 Å². The van der Waals surface area contributed by atoms with Gasteiger partial charge in [0, 0.05) is 49.6 Å². The number of rotatable bonds is 12. The smallest absolute Gasteiger partial charge is 0.332 e. The molecule has 11 heteroatoms. The molecule has 0 spiro atoms. The number of carboxylic acid groups (broad SMARTS) is 1. The Hall–Kier alpha value is -2.97. The van der Waals surface area contributed by atoms with Crippen molar-refractivity contribution in [2.75, 3.05) is 37.0 Å². The van der Waals surface area contributed by atoms with Gasteiger partial charge in [-0.25, -0.2) is 14.8 Å². The van der Waals surface area contributed by atoms with E-state index in [9.17, 15) is 10.1 Å². The fourth-order valence-corrected chi connectivity index (χ4v) is 5.37. The van der Waals surface area contributed by atoms with E-state index in [1.807, 2.05) is 31.2 Å². The molecule has 40 heavy (non-hydrogen) atoms. The highest BCUT2D eigenvalue weighted by Gasteiger charge is 2.32. The zero-order chi connectivity index (χ0) is 28.5. The number of aliphatic carboxylic acids is 1. The van der Waals surface area contributed by atoms with Gasteiger partial charge in [0.25, 0.3) is 0 Å². The minimum Gasteiger partial charge on any atom is -0.479 e. The van der Waals surface area contributed by atoms with Crippen molar-refractivity contribution < 1.29 is 19.4 Å². The van der Waals surface area contributed by atoms with Crippen LogP contribution in [0.15, 0.2) is 30.5 Å². The van der Waals surface area contributed by atoms with Crippen molar-refractivity contribution in [3.05, 3.63) is 35.5 Å². The highest BCUT2D eigenvalue weighted by atomic mass is 35.5. The molecule has 2 aromatic rings. The number of halogens is 1. The van der Waals surface area contributed by atoms with E-state index in [0.29, 0.717) is 62.1 Å². The zero-order valence-corrected chi connectivity index (χ0v) is 23.9. The predicted molar refractivity (Wildman–Crippen MR) is 154 cm³/mol. The number of anilines is 2. The summed E-state index contributed by atoms with van der Waals surface area (Å²) in [5, 5.41) is 29.7. The molecule has 0 amide bonds. The van der Waals surface area contributed by atoms with Gasteiger partial charge < -0.3 is 30.5 Å². The molecule has 216 valence electrons. The second kappa shape index (κ2) is 14.1. The molecule has 0 unspecified atom stereocenters. The molecule has 2 aliphatic rings. The first-order valence-corrected chi connectivity index (χ1v) is 14.4. The first-order chi connectivity index (χ1) is 19.3. The number of pyridine rings is 2. The van der Waals surface area contributed by atoms with Gasteiger partial charge in [-0.3, -0.25) is 0 Å². The molecule has 0 radical (unpaired) electrons. The quantitative estimate of drug-likeness (QED) is 0.283. The van der Waals surface area contributed by atoms with Crippen molar-refractivity contribution in [2.24, 2.45) is 5.41 Å². The van der Waals surface area contributed by atoms with Gasteiger partial charge in [-0.05, 0) is 70.6 Å². The average molecular weight is 571 g/mol. The second-order valence-electron chi connectivity index (χ2n) is 10.9. The van der Waals surface area contributed by atoms with Crippen LogP contribution < -0.4 is 16.0 Å². The Balaban J connectivity index is 1.31. The summed E-state index contributed by atoms with van der Waals surface area (Å²) in [5.41, 5.74) is 1.09. The molecule has 2 atom stereocenters. The molecule has 1 saturated heterocycles. The monoisotopic (exact) mass is 570 g/mol. The summed E-state index contributed by atoms with van der Waals surface area (Å²) in [6, 6.07) is 10.9. The lowest BCUT2D eigenvalue weighted by Gasteiger charge is -2.32. The van der Waals surface area contributed by atoms with Crippen LogP contribution in [0.4, 0.5) is 11.6 Å². The van der Waals surface area contributed by atoms with Gasteiger partial charge >= 0.3 is 5.97 Å². The lowest BCUT2D eigenvalue weighted by Crippen LogP contribution is -2.43. The van der Waals surface area contributed by atoms with Gasteiger partial charge in [0.2, 0.25) is 0 Å². The summed E-state index contributed by atoms with van der Waals surface area (Å²) in [5.74, 6) is 0.506. The minimum atomic E-state index is -0.947. The van der Waals surface area contributed by atoms with Crippen molar-refractivity contribution in [3.8, 4) is 17.3 Å². The van der Waals surface area contributed by atoms with Crippen molar-refractivity contribution in [2.45, 2.75) is 76.6 Å². The van der Waals surface area contributed by atoms with Gasteiger partial charge in [0.1, 0.15) is 11.6 Å². The number of nitrogens with zero attached hydrogens (tertiary/aromatic N) is 3. The third-order valence-electron chi connectivity index (χ3n) is 7.72. The van der Waals surface area contributed by atoms with Gasteiger partial charge in [-0.2, -0.15) is 5.26 Å². The highest BCUT2D eigenvalue weighted by molar-refractivity contribution is 6.33. The molecule has 0 aromatic carbocycles. The number of ether oxygens (including phenoxy) is 2. The Bertz CT molecular complexity index is 1180. The summed E-state index contributed by atoms with van der Waals surface area (Å²) in [7, 11) is 0. The Morgan fingerprint density at radius 2 is 1.95 bits per heavy atom. The molecule has 10 nitrogen and oxygen atoms in total. The Labute approximate surface area is 240 Å². The fourth-order valence-electron chi connectivity index (χ4n) is 5.17. The first kappa shape index (κ1) is 30.0. The van der Waals surface area contributed by atoms with Gasteiger partial charge in [0.15, 0.2) is 6.10 Å². The van der Waals surface area contributed by atoms with E-state index in [1.54, 1.807) is 13.1 Å². The van der Waals surface area contributed by atoms with Crippen LogP contribution in [-0.4, -0.2) is 71.6 Å². The molecule has 2 aromatic heterocycles. The van der Waals surface area contributed by atoms with E-state index in [-0.39, 0.29) is 6.04 Å². The molecule has 3 heterocycles. The van der Waals surface area contributed by atoms with Crippen molar-refractivity contribution in [1.29, 1.82) is 5.26 Å². The summed E-state index contributed by atoms with van der Waals surface area (Å²) in [6.45, 7) is 5.65. The number of hydrogen-bond acceptors (Lipinski definition) is 9. The van der Waals surface area contributed by atoms with E-state index in [2.05, 4.69) is 27.0 Å². The molecule has 2 fully saturated rings. The molecular weight excluding hydrogens is 532 g/mol. The maximum atomic E-state index is 10.9. The number of carbonyl (C=O) groups is 1. The molecule has 4 rings (SSSR count). The topological polar surface area (TPSA) is 141 Å². The molecule has 4 N–H and O–H groups in total. The van der Waals surface area contributed by atoms with Crippen LogP contribution in [0, 0.1) is 16.7 Å². The lowest BCUT2D eigenvalue weighted by atomic mass is 9.82. The SMILES string of the molecule is C[C@H](OC[C@H](C)NC1CCC(Nc2cc(-c3cccc(NCC4(C#N)CCOCC4)n3)c(Cl)cn2)CC1)C(=O)O. The van der Waals surface area contributed by atoms with Crippen LogP contribution in [-0.2, 0) is 14.3 Å². The highest BCUT2D eigenvalue weighted by Crippen LogP contribution is 2.32. The van der Waals surface area contributed by atoms with E-state index < -0.39 is 17.5 Å². The van der Waals surface area contributed by atoms with Crippen molar-refractivity contribution in [3.63, 3.8) is 0 Å². The van der Waals surface area contributed by atoms with Crippen LogP contribution in [0.2, 0.25) is 5.02 Å². The number of nitrogens with one attached hydrogen (secondary N) is 3. The van der Waals surface area contributed by atoms with Crippen LogP contribution in [0.1, 0.15) is 52.4 Å². The normalized spacial score (nSPS) is 22.1. The van der Waals surface area contributed by atoms with E-state index in [0.717, 1.165) is 42.8 Å². The maximum Gasteiger partial charge on any atom is 0.332 e. The second-order valence-corrected chi connectivity index (χ2v) is 11.3. The van der Waals surface area contributed by atoms with Crippen molar-refractivity contribution in [1.82, 2.24) is 15.3 Å². The van der Waals surface area contributed by atoms with Gasteiger partial charge in [-0.1, -0.05) is 17.7 Å². The molecule has 1 aliphatic heterocycles. The zero-order valence-electron chi connectivity index (χ0n) is 23.2. The Morgan fingerprint density at radius 3 is 2.65 bits per heavy atom. The van der Waals surface area contributed by atoms with Crippen LogP contribution in [0.3, 0.4) is 0 Å². The Morgan fingerprint density at radius 1 is 1.23 bits per heavy atom. The molecular formula is C29H39ClN6O4. The van der Waals surface area contributed by atoms with E-state index in [1.165, 1.54) is 0 Å². The largest absolute Gasteiger partial charge is 0.479 e. The maximum absolute atomic E-state index is 10.9. The van der Waals surface area contributed by atoms with Crippen molar-refractivity contribution >= 4 is 29.2 Å². The summed E-state index contributed by atoms with van der Waals surface area (Å²) in [6.07, 6.45) is 6.24. The van der Waals surface area contributed by atoms with Crippen LogP contribution >= 0.6 is 11.6 Å². The van der Waals surface area contributed by atoms with Gasteiger partial charge in [0.05, 0.1) is 28.8 Å². The van der Waals surface area contributed by atoms with E-state index in [4.69, 9.17) is 31.2 Å². The average Bonchev–Trinajstić information content (AvgIpc) is 2.97.